The van der Waals surface area contributed by atoms with Crippen molar-refractivity contribution in [2.24, 2.45) is 0 Å². The fourth-order valence-corrected chi connectivity index (χ4v) is 1.40. The molecule has 1 aromatic rings. The second kappa shape index (κ2) is 7.63. The first kappa shape index (κ1) is 16.2. The zero-order valence-corrected chi connectivity index (χ0v) is 11.2. The van der Waals surface area contributed by atoms with Crippen molar-refractivity contribution in [1.29, 1.82) is 0 Å². The Hall–Kier alpha value is -2.90. The highest BCUT2D eigenvalue weighted by molar-refractivity contribution is 5.99. The first-order chi connectivity index (χ1) is 9.93. The van der Waals surface area contributed by atoms with Gasteiger partial charge in [-0.1, -0.05) is 6.07 Å². The van der Waals surface area contributed by atoms with Crippen molar-refractivity contribution >= 4 is 23.8 Å². The highest BCUT2D eigenvalue weighted by Gasteiger charge is 2.12. The molecule has 8 heteroatoms. The molecule has 0 aliphatic rings. The van der Waals surface area contributed by atoms with Gasteiger partial charge in [0, 0.05) is 5.56 Å². The number of methoxy groups -OCH3 is 1. The minimum atomic E-state index is -1.18. The van der Waals surface area contributed by atoms with Gasteiger partial charge in [0.25, 0.3) is 5.91 Å². The molecule has 0 saturated carbocycles. The Bertz CT molecular complexity index is 570. The van der Waals surface area contributed by atoms with Crippen LogP contribution >= 0.6 is 0 Å². The normalized spacial score (nSPS) is 9.57. The molecular formula is C13H14N2O6. The van der Waals surface area contributed by atoms with Crippen LogP contribution in [0.15, 0.2) is 24.3 Å². The van der Waals surface area contributed by atoms with Gasteiger partial charge in [0.1, 0.15) is 6.54 Å². The van der Waals surface area contributed by atoms with Crippen molar-refractivity contribution in [3.05, 3.63) is 35.4 Å². The van der Waals surface area contributed by atoms with Crippen molar-refractivity contribution in [3.63, 3.8) is 0 Å². The third-order valence-electron chi connectivity index (χ3n) is 2.39. The molecule has 1 rings (SSSR count). The van der Waals surface area contributed by atoms with Gasteiger partial charge in [0.15, 0.2) is 0 Å². The van der Waals surface area contributed by atoms with Crippen LogP contribution in [0.4, 0.5) is 0 Å². The molecule has 3 N–H and O–H groups in total. The van der Waals surface area contributed by atoms with Crippen LogP contribution in [0.2, 0.25) is 0 Å². The van der Waals surface area contributed by atoms with E-state index >= 15 is 0 Å². The molecule has 21 heavy (non-hydrogen) atoms. The quantitative estimate of drug-likeness (QED) is 0.602. The van der Waals surface area contributed by atoms with Gasteiger partial charge >= 0.3 is 11.9 Å². The molecule has 0 aliphatic carbocycles. The molecule has 0 saturated heterocycles. The number of esters is 1. The van der Waals surface area contributed by atoms with Crippen LogP contribution in [0, 0.1) is 0 Å². The van der Waals surface area contributed by atoms with Gasteiger partial charge in [0.05, 0.1) is 19.2 Å². The lowest BCUT2D eigenvalue weighted by Crippen LogP contribution is -2.39. The Kier molecular flexibility index (Phi) is 5.87. The minimum absolute atomic E-state index is 0.184. The molecule has 0 aromatic heterocycles. The van der Waals surface area contributed by atoms with Crippen LogP contribution < -0.4 is 10.6 Å². The molecule has 0 spiro atoms. The molecule has 0 aliphatic heterocycles. The Morgan fingerprint density at radius 1 is 1.10 bits per heavy atom. The number of carboxylic acid groups (broad SMARTS) is 1. The first-order valence-electron chi connectivity index (χ1n) is 5.89. The van der Waals surface area contributed by atoms with Crippen molar-refractivity contribution in [2.75, 3.05) is 20.2 Å². The standard InChI is InChI=1S/C13H14N2O6/c1-21-13(20)9-4-2-3-8(5-9)12(19)15-6-10(16)14-7-11(17)18/h2-5H,6-7H2,1H3,(H,14,16)(H,15,19)(H,17,18). The number of rotatable bonds is 6. The summed E-state index contributed by atoms with van der Waals surface area (Å²) >= 11 is 0. The maximum Gasteiger partial charge on any atom is 0.337 e. The molecule has 0 fully saturated rings. The lowest BCUT2D eigenvalue weighted by molar-refractivity contribution is -0.137. The summed E-state index contributed by atoms with van der Waals surface area (Å²) in [5.41, 5.74) is 0.393. The number of aliphatic carboxylic acids is 1. The van der Waals surface area contributed by atoms with Gasteiger partial charge in [0.2, 0.25) is 5.91 Å². The second-order valence-corrected chi connectivity index (χ2v) is 3.93. The van der Waals surface area contributed by atoms with Crippen molar-refractivity contribution in [1.82, 2.24) is 10.6 Å². The zero-order chi connectivity index (χ0) is 15.8. The smallest absolute Gasteiger partial charge is 0.337 e. The largest absolute Gasteiger partial charge is 0.480 e. The van der Waals surface area contributed by atoms with Crippen molar-refractivity contribution in [3.8, 4) is 0 Å². The first-order valence-corrected chi connectivity index (χ1v) is 5.89. The lowest BCUT2D eigenvalue weighted by Gasteiger charge is -2.06. The van der Waals surface area contributed by atoms with E-state index in [0.717, 1.165) is 0 Å². The van der Waals surface area contributed by atoms with Crippen LogP contribution in [0.1, 0.15) is 20.7 Å². The van der Waals surface area contributed by atoms with E-state index in [2.05, 4.69) is 15.4 Å². The Labute approximate surface area is 120 Å². The molecule has 0 bridgehead atoms. The van der Waals surface area contributed by atoms with E-state index in [1.807, 2.05) is 0 Å². The van der Waals surface area contributed by atoms with E-state index in [1.54, 1.807) is 0 Å². The van der Waals surface area contributed by atoms with Crippen molar-refractivity contribution in [2.45, 2.75) is 0 Å². The number of carbonyl (C=O) groups is 4. The molecule has 112 valence electrons. The Morgan fingerprint density at radius 2 is 1.76 bits per heavy atom. The molecule has 0 unspecified atom stereocenters. The topological polar surface area (TPSA) is 122 Å². The number of hydrogen-bond donors (Lipinski definition) is 3. The van der Waals surface area contributed by atoms with E-state index in [9.17, 15) is 19.2 Å². The summed E-state index contributed by atoms with van der Waals surface area (Å²) in [5, 5.41) is 12.8. The number of benzene rings is 1. The number of amides is 2. The van der Waals surface area contributed by atoms with E-state index in [1.165, 1.54) is 31.4 Å². The summed E-state index contributed by atoms with van der Waals surface area (Å²) in [6.45, 7) is -0.888. The number of carbonyl (C=O) groups excluding carboxylic acids is 3. The fourth-order valence-electron chi connectivity index (χ4n) is 1.40. The lowest BCUT2D eigenvalue weighted by atomic mass is 10.1. The van der Waals surface area contributed by atoms with E-state index in [-0.39, 0.29) is 17.7 Å². The predicted molar refractivity (Wildman–Crippen MR) is 70.8 cm³/mol. The monoisotopic (exact) mass is 294 g/mol. The van der Waals surface area contributed by atoms with E-state index in [0.29, 0.717) is 0 Å². The van der Waals surface area contributed by atoms with E-state index in [4.69, 9.17) is 5.11 Å². The number of nitrogens with one attached hydrogen (secondary N) is 2. The maximum atomic E-state index is 11.8. The van der Waals surface area contributed by atoms with E-state index < -0.39 is 30.3 Å². The zero-order valence-electron chi connectivity index (χ0n) is 11.2. The minimum Gasteiger partial charge on any atom is -0.480 e. The van der Waals surface area contributed by atoms with Crippen LogP contribution in [-0.4, -0.2) is 49.1 Å². The van der Waals surface area contributed by atoms with Crippen LogP contribution in [0.3, 0.4) is 0 Å². The average Bonchev–Trinajstić information content (AvgIpc) is 2.49. The number of hydrogen-bond acceptors (Lipinski definition) is 5. The predicted octanol–water partition coefficient (Wildman–Crippen LogP) is -0.596. The third-order valence-corrected chi connectivity index (χ3v) is 2.39. The van der Waals surface area contributed by atoms with Gasteiger partial charge in [-0.2, -0.15) is 0 Å². The molecule has 1 aromatic carbocycles. The maximum absolute atomic E-state index is 11.8. The number of carboxylic acids is 1. The molecule has 0 radical (unpaired) electrons. The molecule has 8 nitrogen and oxygen atoms in total. The molecular weight excluding hydrogens is 280 g/mol. The SMILES string of the molecule is COC(=O)c1cccc(C(=O)NCC(=O)NCC(=O)O)c1. The molecule has 0 heterocycles. The van der Waals surface area contributed by atoms with Gasteiger partial charge in [-0.3, -0.25) is 14.4 Å². The summed E-state index contributed by atoms with van der Waals surface area (Å²) in [4.78, 5) is 44.6. The van der Waals surface area contributed by atoms with Crippen LogP contribution in [0.25, 0.3) is 0 Å². The summed E-state index contributed by atoms with van der Waals surface area (Å²) < 4.78 is 4.53. The Balaban J connectivity index is 2.58. The summed E-state index contributed by atoms with van der Waals surface area (Å²) in [7, 11) is 1.22. The van der Waals surface area contributed by atoms with Crippen molar-refractivity contribution < 1.29 is 29.0 Å². The average molecular weight is 294 g/mol. The fraction of sp³-hybridized carbons (Fsp3) is 0.231. The Morgan fingerprint density at radius 3 is 2.38 bits per heavy atom. The molecule has 0 atom stereocenters. The summed E-state index contributed by atoms with van der Waals surface area (Å²) in [6, 6.07) is 5.79. The van der Waals surface area contributed by atoms with Gasteiger partial charge < -0.3 is 20.5 Å². The van der Waals surface area contributed by atoms with Crippen LogP contribution in [0.5, 0.6) is 0 Å². The second-order valence-electron chi connectivity index (χ2n) is 3.93. The summed E-state index contributed by atoms with van der Waals surface area (Å²) in [5.74, 6) is -2.95. The van der Waals surface area contributed by atoms with Gasteiger partial charge in [-0.05, 0) is 18.2 Å². The highest BCUT2D eigenvalue weighted by Crippen LogP contribution is 2.06. The summed E-state index contributed by atoms with van der Waals surface area (Å²) in [6.07, 6.45) is 0. The van der Waals surface area contributed by atoms with Crippen LogP contribution in [-0.2, 0) is 14.3 Å². The van der Waals surface area contributed by atoms with Gasteiger partial charge in [-0.15, -0.1) is 0 Å². The molecule has 2 amide bonds. The highest BCUT2D eigenvalue weighted by atomic mass is 16.5. The number of ether oxygens (including phenoxy) is 1. The third kappa shape index (κ3) is 5.31. The van der Waals surface area contributed by atoms with Gasteiger partial charge in [-0.25, -0.2) is 4.79 Å².